The number of nitriles is 1. The lowest BCUT2D eigenvalue weighted by Crippen LogP contribution is -2.00. The van der Waals surface area contributed by atoms with E-state index in [-0.39, 0.29) is 21.9 Å². The SMILES string of the molecule is CC(Sc1nc(N)cc(C#N)n1)c1cc2c(Cl)coc2c(Cl)n1. The minimum absolute atomic E-state index is 0.129. The minimum atomic E-state index is -0.129. The highest BCUT2D eigenvalue weighted by atomic mass is 35.5. The van der Waals surface area contributed by atoms with Crippen molar-refractivity contribution in [1.82, 2.24) is 15.0 Å². The molecule has 1 unspecified atom stereocenters. The van der Waals surface area contributed by atoms with Gasteiger partial charge in [0.1, 0.15) is 23.8 Å². The molecule has 0 fully saturated rings. The minimum Gasteiger partial charge on any atom is -0.459 e. The molecule has 0 aromatic carbocycles. The summed E-state index contributed by atoms with van der Waals surface area (Å²) in [6.45, 7) is 1.92. The van der Waals surface area contributed by atoms with Gasteiger partial charge in [0.15, 0.2) is 15.9 Å². The molecule has 0 spiro atoms. The van der Waals surface area contributed by atoms with Gasteiger partial charge in [0.2, 0.25) is 0 Å². The van der Waals surface area contributed by atoms with Crippen LogP contribution in [0.15, 0.2) is 28.0 Å². The first-order valence-corrected chi connectivity index (χ1v) is 8.06. The topological polar surface area (TPSA) is 102 Å². The zero-order valence-corrected chi connectivity index (χ0v) is 14.1. The van der Waals surface area contributed by atoms with Crippen LogP contribution in [0, 0.1) is 11.3 Å². The number of anilines is 1. The third kappa shape index (κ3) is 3.20. The van der Waals surface area contributed by atoms with E-state index in [9.17, 15) is 0 Å². The Morgan fingerprint density at radius 1 is 1.30 bits per heavy atom. The molecule has 0 aliphatic carbocycles. The van der Waals surface area contributed by atoms with Crippen molar-refractivity contribution in [1.29, 1.82) is 5.26 Å². The molecule has 0 aliphatic heterocycles. The van der Waals surface area contributed by atoms with Gasteiger partial charge in [0.05, 0.1) is 16.0 Å². The van der Waals surface area contributed by atoms with Crippen LogP contribution in [0.2, 0.25) is 10.2 Å². The molecule has 3 rings (SSSR count). The molecule has 6 nitrogen and oxygen atoms in total. The summed E-state index contributed by atoms with van der Waals surface area (Å²) in [5.74, 6) is 0.241. The quantitative estimate of drug-likeness (QED) is 0.420. The summed E-state index contributed by atoms with van der Waals surface area (Å²) in [5, 5.41) is 10.6. The number of nitrogen functional groups attached to an aromatic ring is 1. The first-order valence-electron chi connectivity index (χ1n) is 6.42. The molecule has 3 heterocycles. The highest BCUT2D eigenvalue weighted by Gasteiger charge is 2.17. The fourth-order valence-corrected chi connectivity index (χ4v) is 3.26. The van der Waals surface area contributed by atoms with Crippen molar-refractivity contribution < 1.29 is 4.42 Å². The molecule has 0 amide bonds. The molecular weight excluding hydrogens is 357 g/mol. The molecule has 2 N–H and O–H groups in total. The fourth-order valence-electron chi connectivity index (χ4n) is 1.96. The van der Waals surface area contributed by atoms with Gasteiger partial charge in [-0.25, -0.2) is 15.0 Å². The molecule has 116 valence electrons. The van der Waals surface area contributed by atoms with Crippen molar-refractivity contribution in [2.24, 2.45) is 0 Å². The van der Waals surface area contributed by atoms with E-state index in [2.05, 4.69) is 15.0 Å². The molecule has 23 heavy (non-hydrogen) atoms. The normalized spacial score (nSPS) is 12.3. The molecule has 0 saturated carbocycles. The highest BCUT2D eigenvalue weighted by Crippen LogP contribution is 2.37. The van der Waals surface area contributed by atoms with E-state index in [4.69, 9.17) is 38.6 Å². The average Bonchev–Trinajstić information content (AvgIpc) is 2.88. The monoisotopic (exact) mass is 365 g/mol. The zero-order chi connectivity index (χ0) is 16.6. The van der Waals surface area contributed by atoms with Gasteiger partial charge in [-0.3, -0.25) is 0 Å². The van der Waals surface area contributed by atoms with E-state index >= 15 is 0 Å². The maximum absolute atomic E-state index is 8.94. The number of furan rings is 1. The van der Waals surface area contributed by atoms with Gasteiger partial charge in [-0.1, -0.05) is 35.0 Å². The Labute approximate surface area is 145 Å². The fraction of sp³-hybridized carbons (Fsp3) is 0.143. The number of thioether (sulfide) groups is 1. The van der Waals surface area contributed by atoms with Crippen molar-refractivity contribution >= 4 is 51.8 Å². The Balaban J connectivity index is 1.94. The predicted octanol–water partition coefficient (Wildman–Crippen LogP) is 4.23. The second-order valence-electron chi connectivity index (χ2n) is 4.63. The van der Waals surface area contributed by atoms with Crippen LogP contribution in [0.25, 0.3) is 11.0 Å². The third-order valence-corrected chi connectivity index (χ3v) is 4.56. The number of hydrogen-bond donors (Lipinski definition) is 1. The van der Waals surface area contributed by atoms with E-state index in [0.717, 1.165) is 0 Å². The van der Waals surface area contributed by atoms with E-state index < -0.39 is 0 Å². The van der Waals surface area contributed by atoms with Crippen LogP contribution in [0.3, 0.4) is 0 Å². The number of rotatable bonds is 3. The summed E-state index contributed by atoms with van der Waals surface area (Å²) in [6, 6.07) is 5.17. The van der Waals surface area contributed by atoms with Crippen molar-refractivity contribution in [2.45, 2.75) is 17.3 Å². The van der Waals surface area contributed by atoms with E-state index in [1.54, 1.807) is 0 Å². The maximum atomic E-state index is 8.94. The van der Waals surface area contributed by atoms with Gasteiger partial charge < -0.3 is 10.2 Å². The summed E-state index contributed by atoms with van der Waals surface area (Å²) >= 11 is 13.5. The number of nitrogens with zero attached hydrogens (tertiary/aromatic N) is 4. The van der Waals surface area contributed by atoms with E-state index in [0.29, 0.717) is 26.8 Å². The van der Waals surface area contributed by atoms with Gasteiger partial charge in [0.25, 0.3) is 0 Å². The average molecular weight is 366 g/mol. The van der Waals surface area contributed by atoms with Crippen LogP contribution in [0.4, 0.5) is 5.82 Å². The highest BCUT2D eigenvalue weighted by molar-refractivity contribution is 7.99. The van der Waals surface area contributed by atoms with Crippen LogP contribution in [-0.2, 0) is 0 Å². The maximum Gasteiger partial charge on any atom is 0.191 e. The standard InChI is InChI=1S/C14H9Cl2N5OS/c1-6(23-14-19-7(4-17)2-11(18)21-14)10-3-8-9(15)5-22-12(8)13(16)20-10/h2-3,5-6H,1H3,(H2,18,19,21). The van der Waals surface area contributed by atoms with Crippen LogP contribution >= 0.6 is 35.0 Å². The predicted molar refractivity (Wildman–Crippen MR) is 89.5 cm³/mol. The van der Waals surface area contributed by atoms with Crippen molar-refractivity contribution in [3.8, 4) is 6.07 Å². The van der Waals surface area contributed by atoms with Gasteiger partial charge in [0, 0.05) is 11.5 Å². The first kappa shape index (κ1) is 15.9. The summed E-state index contributed by atoms with van der Waals surface area (Å²) in [6.07, 6.45) is 1.42. The number of pyridine rings is 1. The molecule has 3 aromatic rings. The lowest BCUT2D eigenvalue weighted by molar-refractivity contribution is 0.614. The molecular formula is C14H9Cl2N5OS. The number of fused-ring (bicyclic) bond motifs is 1. The van der Waals surface area contributed by atoms with Crippen LogP contribution in [0.1, 0.15) is 23.6 Å². The van der Waals surface area contributed by atoms with Gasteiger partial charge in [-0.15, -0.1) is 0 Å². The number of halogens is 2. The van der Waals surface area contributed by atoms with Gasteiger partial charge in [-0.2, -0.15) is 5.26 Å². The lowest BCUT2D eigenvalue weighted by Gasteiger charge is -2.10. The second kappa shape index (κ2) is 6.24. The number of nitrogens with two attached hydrogens (primary N) is 1. The number of aromatic nitrogens is 3. The Morgan fingerprint density at radius 2 is 2.09 bits per heavy atom. The first-order chi connectivity index (χ1) is 11.0. The molecule has 0 saturated heterocycles. The Bertz CT molecular complexity index is 937. The molecule has 9 heteroatoms. The van der Waals surface area contributed by atoms with Crippen LogP contribution in [0.5, 0.6) is 0 Å². The second-order valence-corrected chi connectivity index (χ2v) is 6.70. The summed E-state index contributed by atoms with van der Waals surface area (Å²) in [5.41, 5.74) is 7.03. The van der Waals surface area contributed by atoms with Crippen molar-refractivity contribution in [3.05, 3.63) is 40.0 Å². The van der Waals surface area contributed by atoms with Crippen LogP contribution in [-0.4, -0.2) is 15.0 Å². The number of hydrogen-bond acceptors (Lipinski definition) is 7. The molecule has 0 bridgehead atoms. The summed E-state index contributed by atoms with van der Waals surface area (Å²) in [7, 11) is 0. The molecule has 3 aromatic heterocycles. The van der Waals surface area contributed by atoms with Crippen molar-refractivity contribution in [2.75, 3.05) is 5.73 Å². The molecule has 1 atom stereocenters. The Morgan fingerprint density at radius 3 is 2.83 bits per heavy atom. The van der Waals surface area contributed by atoms with E-state index in [1.165, 1.54) is 24.1 Å². The van der Waals surface area contributed by atoms with Gasteiger partial charge >= 0.3 is 0 Å². The summed E-state index contributed by atoms with van der Waals surface area (Å²) in [4.78, 5) is 12.5. The molecule has 0 aliphatic rings. The lowest BCUT2D eigenvalue weighted by atomic mass is 10.2. The van der Waals surface area contributed by atoms with Gasteiger partial charge in [-0.05, 0) is 13.0 Å². The third-order valence-electron chi connectivity index (χ3n) is 3.03. The van der Waals surface area contributed by atoms with Crippen molar-refractivity contribution in [3.63, 3.8) is 0 Å². The van der Waals surface area contributed by atoms with E-state index in [1.807, 2.05) is 19.1 Å². The zero-order valence-electron chi connectivity index (χ0n) is 11.7. The largest absolute Gasteiger partial charge is 0.459 e. The Kier molecular flexibility index (Phi) is 4.31. The van der Waals surface area contributed by atoms with Crippen LogP contribution < -0.4 is 5.73 Å². The molecule has 0 radical (unpaired) electrons. The Hall–Kier alpha value is -2.01. The smallest absolute Gasteiger partial charge is 0.191 e. The summed E-state index contributed by atoms with van der Waals surface area (Å²) < 4.78 is 5.27.